The molecule has 0 saturated heterocycles. The maximum absolute atomic E-state index is 11.6. The molecule has 70 valence electrons. The molecule has 0 bridgehead atoms. The number of carbonyl (C=O) groups excluding carboxylic acids is 1. The highest BCUT2D eigenvalue weighted by Crippen LogP contribution is 2.24. The summed E-state index contributed by atoms with van der Waals surface area (Å²) in [5.74, 6) is 0.187. The van der Waals surface area contributed by atoms with Gasteiger partial charge in [-0.25, -0.2) is 0 Å². The van der Waals surface area contributed by atoms with Crippen LogP contribution >= 0.6 is 15.9 Å². The van der Waals surface area contributed by atoms with Crippen LogP contribution in [-0.2, 0) is 11.2 Å². The van der Waals surface area contributed by atoms with Crippen molar-refractivity contribution >= 4 is 33.4 Å². The monoisotopic (exact) mass is 248 g/mol. The molecule has 2 aliphatic carbocycles. The fraction of sp³-hybridized carbons (Fsp3) is 0.250. The molecular weight excluding hydrogens is 240 g/mol. The van der Waals surface area contributed by atoms with Crippen molar-refractivity contribution < 1.29 is 4.79 Å². The highest BCUT2D eigenvalue weighted by Gasteiger charge is 2.26. The molecule has 0 aliphatic heterocycles. The Morgan fingerprint density at radius 3 is 3.00 bits per heavy atom. The topological polar surface area (TPSA) is 17.1 Å². The van der Waals surface area contributed by atoms with E-state index >= 15 is 0 Å². The number of hydrogen-bond donors (Lipinski definition) is 0. The van der Waals surface area contributed by atoms with Crippen molar-refractivity contribution in [1.29, 1.82) is 0 Å². The van der Waals surface area contributed by atoms with E-state index in [1.54, 1.807) is 6.08 Å². The van der Waals surface area contributed by atoms with Gasteiger partial charge in [0.25, 0.3) is 0 Å². The molecule has 0 radical (unpaired) electrons. The van der Waals surface area contributed by atoms with Gasteiger partial charge < -0.3 is 0 Å². The van der Waals surface area contributed by atoms with E-state index in [0.717, 1.165) is 18.1 Å². The van der Waals surface area contributed by atoms with Crippen molar-refractivity contribution in [3.63, 3.8) is 0 Å². The Labute approximate surface area is 90.3 Å². The zero-order valence-electron chi connectivity index (χ0n) is 7.59. The highest BCUT2D eigenvalue weighted by atomic mass is 79.9. The number of aryl methyl sites for hydroxylation is 1. The highest BCUT2D eigenvalue weighted by molar-refractivity contribution is 9.10. The smallest absolute Gasteiger partial charge is 0.174 e. The van der Waals surface area contributed by atoms with Gasteiger partial charge in [-0.2, -0.15) is 0 Å². The van der Waals surface area contributed by atoms with Gasteiger partial charge in [-0.1, -0.05) is 34.1 Å². The van der Waals surface area contributed by atoms with Gasteiger partial charge in [0, 0.05) is 0 Å². The molecule has 0 N–H and O–H groups in total. The van der Waals surface area contributed by atoms with Crippen LogP contribution < -0.4 is 10.4 Å². The van der Waals surface area contributed by atoms with Crippen molar-refractivity contribution in [2.75, 3.05) is 0 Å². The van der Waals surface area contributed by atoms with Gasteiger partial charge in [0.15, 0.2) is 5.78 Å². The predicted molar refractivity (Wildman–Crippen MR) is 59.6 cm³/mol. The number of alkyl halides is 1. The maximum Gasteiger partial charge on any atom is 0.174 e. The Hall–Kier alpha value is -0.890. The standard InChI is InChI=1S/C12H9BrO/c13-12-9-5-4-7-2-1-3-8(11(7)9)6-10(12)14/h1-3,6,12H,4-5H2. The number of halogens is 1. The van der Waals surface area contributed by atoms with Crippen LogP contribution in [0.3, 0.4) is 0 Å². The Morgan fingerprint density at radius 2 is 2.14 bits per heavy atom. The van der Waals surface area contributed by atoms with Crippen molar-refractivity contribution in [1.82, 2.24) is 0 Å². The Morgan fingerprint density at radius 1 is 1.29 bits per heavy atom. The summed E-state index contributed by atoms with van der Waals surface area (Å²) in [5.41, 5.74) is 2.67. The number of carbonyl (C=O) groups is 1. The summed E-state index contributed by atoms with van der Waals surface area (Å²) >= 11 is 3.47. The third-order valence-corrected chi connectivity index (χ3v) is 4.03. The Bertz CT molecular complexity index is 542. The molecule has 1 unspecified atom stereocenters. The third kappa shape index (κ3) is 0.976. The van der Waals surface area contributed by atoms with E-state index in [2.05, 4.69) is 22.0 Å². The predicted octanol–water partition coefficient (Wildman–Crippen LogP) is 0.910. The van der Waals surface area contributed by atoms with Gasteiger partial charge >= 0.3 is 0 Å². The van der Waals surface area contributed by atoms with Crippen LogP contribution in [0.25, 0.3) is 11.6 Å². The van der Waals surface area contributed by atoms with Crippen LogP contribution in [0.5, 0.6) is 0 Å². The van der Waals surface area contributed by atoms with Crippen molar-refractivity contribution in [3.05, 3.63) is 34.2 Å². The molecule has 0 spiro atoms. The van der Waals surface area contributed by atoms with Crippen LogP contribution in [0.4, 0.5) is 0 Å². The lowest BCUT2D eigenvalue weighted by molar-refractivity contribution is -0.112. The molecule has 2 heteroatoms. The zero-order valence-corrected chi connectivity index (χ0v) is 9.17. The molecule has 2 aliphatic rings. The summed E-state index contributed by atoms with van der Waals surface area (Å²) < 4.78 is 0. The third-order valence-electron chi connectivity index (χ3n) is 3.02. The number of rotatable bonds is 0. The van der Waals surface area contributed by atoms with Gasteiger partial charge in [-0.05, 0) is 40.5 Å². The first-order chi connectivity index (χ1) is 6.77. The first kappa shape index (κ1) is 8.42. The molecule has 14 heavy (non-hydrogen) atoms. The van der Waals surface area contributed by atoms with E-state index in [-0.39, 0.29) is 10.6 Å². The molecule has 1 aromatic rings. The van der Waals surface area contributed by atoms with Crippen molar-refractivity contribution in [2.45, 2.75) is 17.7 Å². The summed E-state index contributed by atoms with van der Waals surface area (Å²) in [7, 11) is 0. The van der Waals surface area contributed by atoms with E-state index < -0.39 is 0 Å². The average Bonchev–Trinajstić information content (AvgIpc) is 2.60. The lowest BCUT2D eigenvalue weighted by atomic mass is 10.0. The minimum absolute atomic E-state index is 0.0707. The summed E-state index contributed by atoms with van der Waals surface area (Å²) in [5, 5.41) is 2.43. The molecule has 1 nitrogen and oxygen atoms in total. The first-order valence-corrected chi connectivity index (χ1v) is 5.69. The summed E-state index contributed by atoms with van der Waals surface area (Å²) in [6.45, 7) is 0. The molecule has 0 aromatic heterocycles. The fourth-order valence-electron chi connectivity index (χ4n) is 2.39. The van der Waals surface area contributed by atoms with E-state index in [1.807, 2.05) is 12.1 Å². The van der Waals surface area contributed by atoms with Crippen LogP contribution in [0.15, 0.2) is 18.2 Å². The average molecular weight is 249 g/mol. The van der Waals surface area contributed by atoms with Crippen LogP contribution in [0, 0.1) is 0 Å². The summed E-state index contributed by atoms with van der Waals surface area (Å²) in [6.07, 6.45) is 3.87. The normalized spacial score (nSPS) is 23.4. The maximum atomic E-state index is 11.6. The van der Waals surface area contributed by atoms with Crippen LogP contribution in [0.1, 0.15) is 12.0 Å². The Balaban J connectivity index is 2.51. The summed E-state index contributed by atoms with van der Waals surface area (Å²) in [6, 6.07) is 6.23. The lowest BCUT2D eigenvalue weighted by Crippen LogP contribution is -2.36. The van der Waals surface area contributed by atoms with E-state index in [0.29, 0.717) is 0 Å². The van der Waals surface area contributed by atoms with E-state index in [9.17, 15) is 4.79 Å². The Kier molecular flexibility index (Phi) is 1.68. The number of benzene rings is 1. The van der Waals surface area contributed by atoms with Gasteiger partial charge in [0.2, 0.25) is 0 Å². The van der Waals surface area contributed by atoms with Gasteiger partial charge in [0.1, 0.15) is 0 Å². The number of hydrogen-bond acceptors (Lipinski definition) is 1. The van der Waals surface area contributed by atoms with E-state index in [4.69, 9.17) is 0 Å². The molecular formula is C12H9BrO. The van der Waals surface area contributed by atoms with Gasteiger partial charge in [-0.15, -0.1) is 0 Å². The minimum atomic E-state index is -0.0707. The number of Topliss-reactive ketones (excluding diaryl/α,β-unsaturated/α-hetero) is 1. The fourth-order valence-corrected chi connectivity index (χ4v) is 2.98. The number of ketones is 1. The molecule has 0 amide bonds. The van der Waals surface area contributed by atoms with Crippen molar-refractivity contribution in [3.8, 4) is 0 Å². The molecule has 1 atom stereocenters. The molecule has 0 heterocycles. The second-order valence-electron chi connectivity index (χ2n) is 3.82. The van der Waals surface area contributed by atoms with Crippen molar-refractivity contribution in [2.24, 2.45) is 0 Å². The second-order valence-corrected chi connectivity index (χ2v) is 4.73. The largest absolute Gasteiger partial charge is 0.293 e. The van der Waals surface area contributed by atoms with Crippen LogP contribution in [0.2, 0.25) is 0 Å². The van der Waals surface area contributed by atoms with E-state index in [1.165, 1.54) is 16.4 Å². The molecule has 0 saturated carbocycles. The second kappa shape index (κ2) is 2.80. The van der Waals surface area contributed by atoms with Crippen LogP contribution in [-0.4, -0.2) is 10.6 Å². The quantitative estimate of drug-likeness (QED) is 0.624. The SMILES string of the molecule is O=C1C=c2cccc3c2=C(CC3)C1Br. The molecule has 1 aromatic carbocycles. The van der Waals surface area contributed by atoms with Gasteiger partial charge in [-0.3, -0.25) is 4.79 Å². The molecule has 0 fully saturated rings. The first-order valence-electron chi connectivity index (χ1n) is 4.78. The zero-order chi connectivity index (χ0) is 9.71. The summed E-state index contributed by atoms with van der Waals surface area (Å²) in [4.78, 5) is 11.6. The minimum Gasteiger partial charge on any atom is -0.293 e. The molecule has 3 rings (SSSR count). The van der Waals surface area contributed by atoms with Gasteiger partial charge in [0.05, 0.1) is 4.83 Å². The lowest BCUT2D eigenvalue weighted by Gasteiger charge is -2.11.